The molecule has 0 aliphatic heterocycles. The van der Waals surface area contributed by atoms with Crippen LogP contribution in [0.25, 0.3) is 0 Å². The van der Waals surface area contributed by atoms with Crippen LogP contribution in [0.3, 0.4) is 0 Å². The molecule has 0 spiro atoms. The lowest BCUT2D eigenvalue weighted by atomic mass is 10.0. The second-order valence-electron chi connectivity index (χ2n) is 3.62. The van der Waals surface area contributed by atoms with E-state index in [4.69, 9.17) is 4.74 Å². The zero-order valence-electron chi connectivity index (χ0n) is 9.82. The first kappa shape index (κ1) is 12.5. The molecule has 0 aromatic heterocycles. The van der Waals surface area contributed by atoms with Crippen LogP contribution in [0.1, 0.15) is 12.5 Å². The van der Waals surface area contributed by atoms with Crippen molar-refractivity contribution < 1.29 is 14.4 Å². The summed E-state index contributed by atoms with van der Waals surface area (Å²) in [4.78, 5) is 16.0. The van der Waals surface area contributed by atoms with Crippen molar-refractivity contribution in [2.24, 2.45) is 5.92 Å². The molecule has 1 aromatic rings. The molecule has 4 heteroatoms. The minimum absolute atomic E-state index is 0.113. The molecule has 4 nitrogen and oxygen atoms in total. The number of carbonyl (C=O) groups excluding carboxylic acids is 1. The van der Waals surface area contributed by atoms with Gasteiger partial charge in [0.2, 0.25) is 5.91 Å². The van der Waals surface area contributed by atoms with Crippen LogP contribution >= 0.6 is 0 Å². The van der Waals surface area contributed by atoms with Crippen LogP contribution in [0.2, 0.25) is 0 Å². The van der Waals surface area contributed by atoms with Crippen molar-refractivity contribution in [2.45, 2.75) is 13.3 Å². The zero-order valence-corrected chi connectivity index (χ0v) is 9.82. The van der Waals surface area contributed by atoms with Gasteiger partial charge < -0.3 is 4.74 Å². The summed E-state index contributed by atoms with van der Waals surface area (Å²) in [7, 11) is 3.06. The summed E-state index contributed by atoms with van der Waals surface area (Å²) in [5.41, 5.74) is 3.42. The molecule has 88 valence electrons. The predicted molar refractivity (Wildman–Crippen MR) is 61.0 cm³/mol. The Kier molecular flexibility index (Phi) is 4.79. The van der Waals surface area contributed by atoms with E-state index in [-0.39, 0.29) is 11.8 Å². The number of benzene rings is 1. The minimum atomic E-state index is -0.117. The Morgan fingerprint density at radius 2 is 1.94 bits per heavy atom. The Morgan fingerprint density at radius 1 is 1.31 bits per heavy atom. The fourth-order valence-corrected chi connectivity index (χ4v) is 1.41. The Hall–Kier alpha value is -1.55. The fourth-order valence-electron chi connectivity index (χ4n) is 1.41. The fraction of sp³-hybridized carbons (Fsp3) is 0.417. The van der Waals surface area contributed by atoms with Gasteiger partial charge in [0, 0.05) is 5.92 Å². The molecular formula is C12H17NO3. The summed E-state index contributed by atoms with van der Waals surface area (Å²) in [6.45, 7) is 1.86. The van der Waals surface area contributed by atoms with Gasteiger partial charge in [-0.25, -0.2) is 5.48 Å². The van der Waals surface area contributed by atoms with E-state index in [0.717, 1.165) is 11.3 Å². The summed E-state index contributed by atoms with van der Waals surface area (Å²) < 4.78 is 5.06. The van der Waals surface area contributed by atoms with E-state index in [2.05, 4.69) is 10.3 Å². The maximum absolute atomic E-state index is 11.4. The Morgan fingerprint density at radius 3 is 2.44 bits per heavy atom. The Bertz CT molecular complexity index is 335. The lowest BCUT2D eigenvalue weighted by Crippen LogP contribution is -2.29. The van der Waals surface area contributed by atoms with Gasteiger partial charge in [-0.05, 0) is 24.1 Å². The third kappa shape index (κ3) is 3.55. The van der Waals surface area contributed by atoms with E-state index in [0.29, 0.717) is 6.42 Å². The predicted octanol–water partition coefficient (Wildman–Crippen LogP) is 1.55. The van der Waals surface area contributed by atoms with Crippen LogP contribution in [0, 0.1) is 5.92 Å². The highest BCUT2D eigenvalue weighted by Crippen LogP contribution is 2.14. The SMILES string of the molecule is CONC(=O)C(C)Cc1ccc(OC)cc1. The van der Waals surface area contributed by atoms with E-state index in [1.165, 1.54) is 7.11 Å². The molecule has 0 saturated heterocycles. The number of hydrogen-bond donors (Lipinski definition) is 1. The molecule has 1 aromatic carbocycles. The standard InChI is InChI=1S/C12H17NO3/c1-9(12(14)13-16-3)8-10-4-6-11(15-2)7-5-10/h4-7,9H,8H2,1-3H3,(H,13,14). The largest absolute Gasteiger partial charge is 0.497 e. The van der Waals surface area contributed by atoms with Crippen molar-refractivity contribution in [3.05, 3.63) is 29.8 Å². The highest BCUT2D eigenvalue weighted by molar-refractivity contribution is 5.77. The van der Waals surface area contributed by atoms with Gasteiger partial charge in [-0.2, -0.15) is 0 Å². The monoisotopic (exact) mass is 223 g/mol. The maximum Gasteiger partial charge on any atom is 0.246 e. The van der Waals surface area contributed by atoms with Gasteiger partial charge >= 0.3 is 0 Å². The summed E-state index contributed by atoms with van der Waals surface area (Å²) >= 11 is 0. The zero-order chi connectivity index (χ0) is 12.0. The van der Waals surface area contributed by atoms with Gasteiger partial charge in [0.1, 0.15) is 5.75 Å². The first-order valence-corrected chi connectivity index (χ1v) is 5.13. The van der Waals surface area contributed by atoms with E-state index in [9.17, 15) is 4.79 Å². The number of hydroxylamine groups is 1. The lowest BCUT2D eigenvalue weighted by Gasteiger charge is -2.10. The number of rotatable bonds is 5. The first-order valence-electron chi connectivity index (χ1n) is 5.13. The molecule has 0 aliphatic rings. The summed E-state index contributed by atoms with van der Waals surface area (Å²) in [6, 6.07) is 7.68. The van der Waals surface area contributed by atoms with E-state index >= 15 is 0 Å². The van der Waals surface area contributed by atoms with Gasteiger partial charge in [0.15, 0.2) is 0 Å². The average Bonchev–Trinajstić information content (AvgIpc) is 2.30. The number of amides is 1. The van der Waals surface area contributed by atoms with E-state index in [1.54, 1.807) is 7.11 Å². The molecule has 16 heavy (non-hydrogen) atoms. The molecule has 1 amide bonds. The van der Waals surface area contributed by atoms with Crippen LogP contribution in [-0.4, -0.2) is 20.1 Å². The lowest BCUT2D eigenvalue weighted by molar-refractivity contribution is -0.134. The molecule has 1 N–H and O–H groups in total. The van der Waals surface area contributed by atoms with Crippen LogP contribution in [0.5, 0.6) is 5.75 Å². The molecular weight excluding hydrogens is 206 g/mol. The van der Waals surface area contributed by atoms with Crippen molar-refractivity contribution in [3.63, 3.8) is 0 Å². The number of ether oxygens (including phenoxy) is 1. The maximum atomic E-state index is 11.4. The number of hydrogen-bond acceptors (Lipinski definition) is 3. The second-order valence-corrected chi connectivity index (χ2v) is 3.62. The van der Waals surface area contributed by atoms with Crippen LogP contribution in [-0.2, 0) is 16.1 Å². The summed E-state index contributed by atoms with van der Waals surface area (Å²) in [6.07, 6.45) is 0.680. The highest BCUT2D eigenvalue weighted by atomic mass is 16.6. The molecule has 0 aliphatic carbocycles. The molecule has 0 saturated carbocycles. The average molecular weight is 223 g/mol. The molecule has 0 radical (unpaired) electrons. The molecule has 1 rings (SSSR count). The Balaban J connectivity index is 2.55. The van der Waals surface area contributed by atoms with Gasteiger partial charge in [-0.1, -0.05) is 19.1 Å². The van der Waals surface area contributed by atoms with Crippen molar-refractivity contribution in [3.8, 4) is 5.75 Å². The van der Waals surface area contributed by atoms with E-state index in [1.807, 2.05) is 31.2 Å². The summed E-state index contributed by atoms with van der Waals surface area (Å²) in [5, 5.41) is 0. The second kappa shape index (κ2) is 6.12. The molecule has 0 bridgehead atoms. The topological polar surface area (TPSA) is 47.6 Å². The Labute approximate surface area is 95.5 Å². The third-order valence-electron chi connectivity index (χ3n) is 2.35. The number of carbonyl (C=O) groups is 1. The van der Waals surface area contributed by atoms with Crippen molar-refractivity contribution in [1.29, 1.82) is 0 Å². The first-order chi connectivity index (χ1) is 7.67. The normalized spacial score (nSPS) is 11.9. The van der Waals surface area contributed by atoms with Crippen molar-refractivity contribution >= 4 is 5.91 Å². The van der Waals surface area contributed by atoms with Crippen LogP contribution < -0.4 is 10.2 Å². The van der Waals surface area contributed by atoms with Crippen molar-refractivity contribution in [1.82, 2.24) is 5.48 Å². The number of nitrogens with one attached hydrogen (secondary N) is 1. The molecule has 1 atom stereocenters. The van der Waals surface area contributed by atoms with Gasteiger partial charge in [0.25, 0.3) is 0 Å². The minimum Gasteiger partial charge on any atom is -0.497 e. The highest BCUT2D eigenvalue weighted by Gasteiger charge is 2.12. The van der Waals surface area contributed by atoms with Crippen molar-refractivity contribution in [2.75, 3.05) is 14.2 Å². The molecule has 1 unspecified atom stereocenters. The van der Waals surface area contributed by atoms with Gasteiger partial charge in [0.05, 0.1) is 14.2 Å². The van der Waals surface area contributed by atoms with Crippen LogP contribution in [0.15, 0.2) is 24.3 Å². The van der Waals surface area contributed by atoms with Crippen LogP contribution in [0.4, 0.5) is 0 Å². The van der Waals surface area contributed by atoms with E-state index < -0.39 is 0 Å². The smallest absolute Gasteiger partial charge is 0.246 e. The molecule has 0 fully saturated rings. The van der Waals surface area contributed by atoms with Gasteiger partial charge in [-0.3, -0.25) is 9.63 Å². The quantitative estimate of drug-likeness (QED) is 0.770. The number of methoxy groups -OCH3 is 1. The molecule has 0 heterocycles. The third-order valence-corrected chi connectivity index (χ3v) is 2.35. The van der Waals surface area contributed by atoms with Gasteiger partial charge in [-0.15, -0.1) is 0 Å². The summed E-state index contributed by atoms with van der Waals surface area (Å²) in [5.74, 6) is 0.587.